The Balaban J connectivity index is 2.36. The van der Waals surface area contributed by atoms with Crippen LogP contribution in [-0.4, -0.2) is 43.8 Å². The number of ether oxygens (including phenoxy) is 2. The van der Waals surface area contributed by atoms with Gasteiger partial charge in [-0.25, -0.2) is 13.2 Å². The molecule has 0 saturated heterocycles. The Hall–Kier alpha value is -2.98. The lowest BCUT2D eigenvalue weighted by Crippen LogP contribution is -2.31. The maximum atomic E-state index is 12.8. The number of carbonyl (C=O) groups excluding carboxylic acids is 1. The van der Waals surface area contributed by atoms with Gasteiger partial charge in [0, 0.05) is 25.2 Å². The van der Waals surface area contributed by atoms with Crippen LogP contribution in [0.3, 0.4) is 0 Å². The molecule has 0 bridgehead atoms. The summed E-state index contributed by atoms with van der Waals surface area (Å²) in [6, 6.07) is 8.93. The summed E-state index contributed by atoms with van der Waals surface area (Å²) in [7, 11) is -2.52. The Kier molecular flexibility index (Phi) is 6.71. The highest BCUT2D eigenvalue weighted by molar-refractivity contribution is 7.89. The van der Waals surface area contributed by atoms with Crippen molar-refractivity contribution in [3.05, 3.63) is 58.1 Å². The van der Waals surface area contributed by atoms with Crippen molar-refractivity contribution >= 4 is 21.7 Å². The van der Waals surface area contributed by atoms with Gasteiger partial charge in [-0.3, -0.25) is 10.1 Å². The van der Waals surface area contributed by atoms with Crippen LogP contribution in [0.5, 0.6) is 11.5 Å². The average molecular weight is 408 g/mol. The lowest BCUT2D eigenvalue weighted by Gasteiger charge is -2.20. The zero-order chi connectivity index (χ0) is 20.9. The predicted octanol–water partition coefficient (Wildman–Crippen LogP) is 2.85. The Bertz CT molecular complexity index is 968. The fraction of sp³-hybridized carbons (Fsp3) is 0.278. The third kappa shape index (κ3) is 4.46. The van der Waals surface area contributed by atoms with Gasteiger partial charge in [0.05, 0.1) is 17.6 Å². The van der Waals surface area contributed by atoms with E-state index in [1.807, 2.05) is 0 Å². The number of nitro groups is 1. The van der Waals surface area contributed by atoms with Crippen LogP contribution in [0.15, 0.2) is 47.4 Å². The number of carbonyl (C=O) groups is 1. The summed E-state index contributed by atoms with van der Waals surface area (Å²) in [4.78, 5) is 22.4. The van der Waals surface area contributed by atoms with Gasteiger partial charge in [-0.15, -0.1) is 0 Å². The molecule has 0 aromatic heterocycles. The Morgan fingerprint density at radius 2 is 1.71 bits per heavy atom. The van der Waals surface area contributed by atoms with Crippen LogP contribution in [0, 0.1) is 10.1 Å². The zero-order valence-corrected chi connectivity index (χ0v) is 16.4. The minimum absolute atomic E-state index is 0.00452. The van der Waals surface area contributed by atoms with Gasteiger partial charge in [-0.1, -0.05) is 13.8 Å². The van der Waals surface area contributed by atoms with Crippen LogP contribution in [-0.2, 0) is 10.0 Å². The van der Waals surface area contributed by atoms with E-state index in [1.54, 1.807) is 13.8 Å². The molecule has 0 saturated carbocycles. The molecule has 10 heteroatoms. The molecule has 0 spiro atoms. The number of non-ortho nitro benzene ring substituents is 1. The molecule has 0 aliphatic rings. The third-order valence-electron chi connectivity index (χ3n) is 3.98. The van der Waals surface area contributed by atoms with Crippen molar-refractivity contribution in [1.29, 1.82) is 0 Å². The number of hydrogen-bond donors (Lipinski definition) is 0. The number of rotatable bonds is 8. The predicted molar refractivity (Wildman–Crippen MR) is 101 cm³/mol. The summed E-state index contributed by atoms with van der Waals surface area (Å²) in [5, 5.41) is 10.7. The molecule has 0 amide bonds. The molecule has 0 unspecified atom stereocenters. The lowest BCUT2D eigenvalue weighted by molar-refractivity contribution is -0.384. The quantitative estimate of drug-likeness (QED) is 0.285. The van der Waals surface area contributed by atoms with E-state index in [1.165, 1.54) is 53.9 Å². The second-order valence-corrected chi connectivity index (χ2v) is 7.50. The first-order valence-electron chi connectivity index (χ1n) is 8.39. The van der Waals surface area contributed by atoms with E-state index in [0.29, 0.717) is 0 Å². The second-order valence-electron chi connectivity index (χ2n) is 5.60. The van der Waals surface area contributed by atoms with Crippen LogP contribution >= 0.6 is 0 Å². The van der Waals surface area contributed by atoms with Crippen LogP contribution in [0.25, 0.3) is 0 Å². The number of methoxy groups -OCH3 is 1. The van der Waals surface area contributed by atoms with E-state index in [-0.39, 0.29) is 40.7 Å². The SMILES string of the molecule is CCN(CC)S(=O)(=O)c1cc(C(=O)Oc2ccc([N+](=O)[O-])cc2)ccc1OC. The largest absolute Gasteiger partial charge is 0.495 e. The van der Waals surface area contributed by atoms with Crippen LogP contribution in [0.2, 0.25) is 0 Å². The summed E-state index contributed by atoms with van der Waals surface area (Å²) < 4.78 is 37.2. The molecule has 0 heterocycles. The standard InChI is InChI=1S/C18H20N2O7S/c1-4-19(5-2)28(24,25)17-12-13(6-11-16(17)26-3)18(21)27-15-9-7-14(8-10-15)20(22)23/h6-12H,4-5H2,1-3H3. The van der Waals surface area contributed by atoms with Gasteiger partial charge in [-0.05, 0) is 30.3 Å². The van der Waals surface area contributed by atoms with Gasteiger partial charge < -0.3 is 9.47 Å². The summed E-state index contributed by atoms with van der Waals surface area (Å²) in [5.41, 5.74) is -0.137. The molecule has 0 fully saturated rings. The highest BCUT2D eigenvalue weighted by Gasteiger charge is 2.27. The smallest absolute Gasteiger partial charge is 0.343 e. The van der Waals surface area contributed by atoms with Gasteiger partial charge in [0.1, 0.15) is 16.4 Å². The Morgan fingerprint density at radius 1 is 1.11 bits per heavy atom. The van der Waals surface area contributed by atoms with Crippen molar-refractivity contribution in [3.63, 3.8) is 0 Å². The molecule has 28 heavy (non-hydrogen) atoms. The van der Waals surface area contributed by atoms with Crippen molar-refractivity contribution < 1.29 is 27.6 Å². The molecule has 0 radical (unpaired) electrons. The number of nitro benzene ring substituents is 1. The van der Waals surface area contributed by atoms with Crippen molar-refractivity contribution in [2.24, 2.45) is 0 Å². The minimum atomic E-state index is -3.86. The van der Waals surface area contributed by atoms with Gasteiger partial charge in [-0.2, -0.15) is 4.31 Å². The zero-order valence-electron chi connectivity index (χ0n) is 15.6. The second kappa shape index (κ2) is 8.81. The highest BCUT2D eigenvalue weighted by atomic mass is 32.2. The van der Waals surface area contributed by atoms with Gasteiger partial charge in [0.15, 0.2) is 0 Å². The topological polar surface area (TPSA) is 116 Å². The number of esters is 1. The maximum absolute atomic E-state index is 12.8. The van der Waals surface area contributed by atoms with E-state index in [9.17, 15) is 23.3 Å². The number of hydrogen-bond acceptors (Lipinski definition) is 7. The minimum Gasteiger partial charge on any atom is -0.495 e. The molecule has 150 valence electrons. The van der Waals surface area contributed by atoms with Crippen molar-refractivity contribution in [3.8, 4) is 11.5 Å². The van der Waals surface area contributed by atoms with E-state index in [2.05, 4.69) is 0 Å². The van der Waals surface area contributed by atoms with Gasteiger partial charge in [0.25, 0.3) is 5.69 Å². The molecule has 2 rings (SSSR count). The summed E-state index contributed by atoms with van der Waals surface area (Å²) in [6.07, 6.45) is 0. The van der Waals surface area contributed by atoms with E-state index >= 15 is 0 Å². The maximum Gasteiger partial charge on any atom is 0.343 e. The summed E-state index contributed by atoms with van der Waals surface area (Å²) >= 11 is 0. The Labute approximate surface area is 162 Å². The van der Waals surface area contributed by atoms with E-state index in [4.69, 9.17) is 9.47 Å². The Morgan fingerprint density at radius 3 is 2.21 bits per heavy atom. The van der Waals surface area contributed by atoms with E-state index < -0.39 is 20.9 Å². The molecular weight excluding hydrogens is 388 g/mol. The van der Waals surface area contributed by atoms with Crippen LogP contribution in [0.4, 0.5) is 5.69 Å². The number of nitrogens with zero attached hydrogens (tertiary/aromatic N) is 2. The molecule has 9 nitrogen and oxygen atoms in total. The number of benzene rings is 2. The average Bonchev–Trinajstić information content (AvgIpc) is 2.68. The fourth-order valence-corrected chi connectivity index (χ4v) is 4.15. The van der Waals surface area contributed by atoms with Crippen LogP contribution < -0.4 is 9.47 Å². The molecular formula is C18H20N2O7S. The first kappa shape index (κ1) is 21.3. The summed E-state index contributed by atoms with van der Waals surface area (Å²) in [6.45, 7) is 3.94. The lowest BCUT2D eigenvalue weighted by atomic mass is 10.2. The fourth-order valence-electron chi connectivity index (χ4n) is 2.51. The van der Waals surface area contributed by atoms with Crippen LogP contribution in [0.1, 0.15) is 24.2 Å². The molecule has 0 N–H and O–H groups in total. The molecule has 2 aromatic rings. The van der Waals surface area contributed by atoms with E-state index in [0.717, 1.165) is 0 Å². The first-order valence-corrected chi connectivity index (χ1v) is 9.83. The van der Waals surface area contributed by atoms with Gasteiger partial charge >= 0.3 is 5.97 Å². The normalized spacial score (nSPS) is 11.3. The first-order chi connectivity index (χ1) is 13.2. The van der Waals surface area contributed by atoms with Crippen molar-refractivity contribution in [2.75, 3.05) is 20.2 Å². The van der Waals surface area contributed by atoms with Crippen molar-refractivity contribution in [2.45, 2.75) is 18.7 Å². The molecule has 0 atom stereocenters. The third-order valence-corrected chi connectivity index (χ3v) is 6.05. The number of sulfonamides is 1. The summed E-state index contributed by atoms with van der Waals surface area (Å²) in [5.74, 6) is -0.592. The molecule has 2 aromatic carbocycles. The van der Waals surface area contributed by atoms with Gasteiger partial charge in [0.2, 0.25) is 10.0 Å². The monoisotopic (exact) mass is 408 g/mol. The molecule has 0 aliphatic carbocycles. The van der Waals surface area contributed by atoms with Crippen molar-refractivity contribution in [1.82, 2.24) is 4.31 Å². The molecule has 0 aliphatic heterocycles. The highest BCUT2D eigenvalue weighted by Crippen LogP contribution is 2.28.